The third-order valence-electron chi connectivity index (χ3n) is 3.34. The molecule has 0 amide bonds. The van der Waals surface area contributed by atoms with E-state index in [1.54, 1.807) is 0 Å². The van der Waals surface area contributed by atoms with Gasteiger partial charge in [0, 0.05) is 5.41 Å². The highest BCUT2D eigenvalue weighted by Crippen LogP contribution is 2.51. The van der Waals surface area contributed by atoms with E-state index >= 15 is 0 Å². The molecule has 0 radical (unpaired) electrons. The summed E-state index contributed by atoms with van der Waals surface area (Å²) in [4.78, 5) is 0. The molecule has 1 saturated heterocycles. The molecule has 0 aromatic carbocycles. The summed E-state index contributed by atoms with van der Waals surface area (Å²) in [6, 6.07) is 0. The van der Waals surface area contributed by atoms with Crippen molar-refractivity contribution < 1.29 is 4.74 Å². The Bertz CT molecular complexity index is 176. The molecular weight excluding hydrogens is 136 g/mol. The van der Waals surface area contributed by atoms with E-state index in [4.69, 9.17) is 4.74 Å². The van der Waals surface area contributed by atoms with Crippen molar-refractivity contribution >= 4 is 0 Å². The van der Waals surface area contributed by atoms with Crippen molar-refractivity contribution in [3.63, 3.8) is 0 Å². The molecule has 1 aliphatic heterocycles. The predicted octanol–water partition coefficient (Wildman–Crippen LogP) is 2.52. The molecule has 11 heavy (non-hydrogen) atoms. The molecule has 1 saturated carbocycles. The van der Waals surface area contributed by atoms with Gasteiger partial charge in [-0.25, -0.2) is 0 Å². The molecule has 3 unspecified atom stereocenters. The van der Waals surface area contributed by atoms with Crippen molar-refractivity contribution in [1.82, 2.24) is 0 Å². The first-order valence-electron chi connectivity index (χ1n) is 4.61. The number of fused-ring (bicyclic) bond motifs is 1. The highest BCUT2D eigenvalue weighted by molar-refractivity contribution is 5.11. The largest absolute Gasteiger partial charge is 0.369 e. The van der Waals surface area contributed by atoms with Gasteiger partial charge in [-0.2, -0.15) is 0 Å². The highest BCUT2D eigenvalue weighted by Gasteiger charge is 2.54. The van der Waals surface area contributed by atoms with Gasteiger partial charge in [0.1, 0.15) is 0 Å². The molecule has 0 aromatic heterocycles. The van der Waals surface area contributed by atoms with Crippen molar-refractivity contribution in [3.05, 3.63) is 12.7 Å². The Morgan fingerprint density at radius 3 is 3.09 bits per heavy atom. The molecular formula is C10H16O. The van der Waals surface area contributed by atoms with E-state index in [0.29, 0.717) is 17.6 Å². The Labute approximate surface area is 68.4 Å². The van der Waals surface area contributed by atoms with Crippen LogP contribution in [0.3, 0.4) is 0 Å². The van der Waals surface area contributed by atoms with Gasteiger partial charge in [0.25, 0.3) is 0 Å². The summed E-state index contributed by atoms with van der Waals surface area (Å²) in [6.07, 6.45) is 8.31. The lowest BCUT2D eigenvalue weighted by Crippen LogP contribution is -2.28. The molecule has 1 heterocycles. The molecule has 3 atom stereocenters. The number of hydrogen-bond donors (Lipinski definition) is 0. The van der Waals surface area contributed by atoms with Crippen molar-refractivity contribution in [2.75, 3.05) is 0 Å². The smallest absolute Gasteiger partial charge is 0.0932 e. The Morgan fingerprint density at radius 2 is 2.55 bits per heavy atom. The van der Waals surface area contributed by atoms with Crippen LogP contribution in [0.2, 0.25) is 0 Å². The summed E-state index contributed by atoms with van der Waals surface area (Å²) >= 11 is 0. The van der Waals surface area contributed by atoms with Crippen LogP contribution in [0.4, 0.5) is 0 Å². The lowest BCUT2D eigenvalue weighted by molar-refractivity contribution is 0.233. The average Bonchev–Trinajstić information content (AvgIpc) is 2.82. The zero-order valence-electron chi connectivity index (χ0n) is 7.18. The van der Waals surface area contributed by atoms with Crippen LogP contribution in [0.15, 0.2) is 12.7 Å². The fourth-order valence-corrected chi connectivity index (χ4v) is 2.38. The van der Waals surface area contributed by atoms with E-state index in [9.17, 15) is 0 Å². The van der Waals surface area contributed by atoms with Gasteiger partial charge < -0.3 is 4.74 Å². The SMILES string of the molecule is C=CC1(CC)CCCC2OC21. The molecule has 0 spiro atoms. The summed E-state index contributed by atoms with van der Waals surface area (Å²) < 4.78 is 5.60. The predicted molar refractivity (Wildman–Crippen MR) is 45.4 cm³/mol. The fourth-order valence-electron chi connectivity index (χ4n) is 2.38. The Kier molecular flexibility index (Phi) is 1.57. The first-order chi connectivity index (χ1) is 5.32. The number of hydrogen-bond acceptors (Lipinski definition) is 1. The molecule has 0 aromatic rings. The molecule has 2 aliphatic rings. The molecule has 1 nitrogen and oxygen atoms in total. The normalized spacial score (nSPS) is 48.1. The van der Waals surface area contributed by atoms with E-state index in [2.05, 4.69) is 19.6 Å². The minimum atomic E-state index is 0.336. The molecule has 1 heteroatoms. The van der Waals surface area contributed by atoms with E-state index in [0.717, 1.165) is 0 Å². The molecule has 62 valence electrons. The van der Waals surface area contributed by atoms with Gasteiger partial charge in [-0.3, -0.25) is 0 Å². The maximum absolute atomic E-state index is 5.60. The summed E-state index contributed by atoms with van der Waals surface area (Å²) in [6.45, 7) is 6.17. The first-order valence-corrected chi connectivity index (χ1v) is 4.61. The topological polar surface area (TPSA) is 12.5 Å². The van der Waals surface area contributed by atoms with E-state index in [-0.39, 0.29) is 0 Å². The second-order valence-corrected chi connectivity index (χ2v) is 3.78. The lowest BCUT2D eigenvalue weighted by Gasteiger charge is -2.30. The summed E-state index contributed by atoms with van der Waals surface area (Å²) in [5.74, 6) is 0. The third-order valence-corrected chi connectivity index (χ3v) is 3.34. The van der Waals surface area contributed by atoms with Crippen LogP contribution in [0, 0.1) is 5.41 Å². The van der Waals surface area contributed by atoms with Gasteiger partial charge in [-0.1, -0.05) is 13.0 Å². The maximum Gasteiger partial charge on any atom is 0.0932 e. The van der Waals surface area contributed by atoms with Gasteiger partial charge in [-0.15, -0.1) is 6.58 Å². The van der Waals surface area contributed by atoms with Crippen LogP contribution < -0.4 is 0 Å². The second-order valence-electron chi connectivity index (χ2n) is 3.78. The van der Waals surface area contributed by atoms with Crippen LogP contribution in [-0.2, 0) is 4.74 Å². The second kappa shape index (κ2) is 2.34. The van der Waals surface area contributed by atoms with Crippen molar-refractivity contribution in [3.8, 4) is 0 Å². The van der Waals surface area contributed by atoms with Gasteiger partial charge >= 0.3 is 0 Å². The third kappa shape index (κ3) is 0.943. The van der Waals surface area contributed by atoms with Gasteiger partial charge in [0.2, 0.25) is 0 Å². The minimum Gasteiger partial charge on any atom is -0.369 e. The quantitative estimate of drug-likeness (QED) is 0.437. The first kappa shape index (κ1) is 7.35. The Morgan fingerprint density at radius 1 is 1.73 bits per heavy atom. The van der Waals surface area contributed by atoms with Crippen LogP contribution in [0.1, 0.15) is 32.6 Å². The van der Waals surface area contributed by atoms with Crippen LogP contribution >= 0.6 is 0 Å². The van der Waals surface area contributed by atoms with Crippen LogP contribution in [0.5, 0.6) is 0 Å². The Hall–Kier alpha value is -0.300. The minimum absolute atomic E-state index is 0.336. The van der Waals surface area contributed by atoms with Gasteiger partial charge in [0.15, 0.2) is 0 Å². The maximum atomic E-state index is 5.60. The number of rotatable bonds is 2. The van der Waals surface area contributed by atoms with Crippen LogP contribution in [0.25, 0.3) is 0 Å². The lowest BCUT2D eigenvalue weighted by atomic mass is 9.72. The number of epoxide rings is 1. The molecule has 0 bridgehead atoms. The van der Waals surface area contributed by atoms with E-state index in [1.807, 2.05) is 0 Å². The zero-order chi connectivity index (χ0) is 7.90. The summed E-state index contributed by atoms with van der Waals surface area (Å²) in [7, 11) is 0. The number of ether oxygens (including phenoxy) is 1. The highest BCUT2D eigenvalue weighted by atomic mass is 16.6. The van der Waals surface area contributed by atoms with Crippen molar-refractivity contribution in [2.45, 2.75) is 44.8 Å². The monoisotopic (exact) mass is 152 g/mol. The van der Waals surface area contributed by atoms with Crippen LogP contribution in [-0.4, -0.2) is 12.2 Å². The van der Waals surface area contributed by atoms with Crippen molar-refractivity contribution in [2.24, 2.45) is 5.41 Å². The molecule has 2 rings (SSSR count). The molecule has 2 fully saturated rings. The summed E-state index contributed by atoms with van der Waals surface area (Å²) in [5.41, 5.74) is 0.336. The van der Waals surface area contributed by atoms with Gasteiger partial charge in [-0.05, 0) is 25.7 Å². The van der Waals surface area contributed by atoms with Gasteiger partial charge in [0.05, 0.1) is 12.2 Å². The molecule has 0 N–H and O–H groups in total. The average molecular weight is 152 g/mol. The van der Waals surface area contributed by atoms with E-state index in [1.165, 1.54) is 25.7 Å². The standard InChI is InChI=1S/C10H16O/c1-3-10(4-2)7-5-6-8-9(10)11-8/h3,8-9H,1,4-7H2,2H3. The van der Waals surface area contributed by atoms with E-state index < -0.39 is 0 Å². The fraction of sp³-hybridized carbons (Fsp3) is 0.800. The zero-order valence-corrected chi connectivity index (χ0v) is 7.18. The molecule has 1 aliphatic carbocycles. The van der Waals surface area contributed by atoms with Crippen molar-refractivity contribution in [1.29, 1.82) is 0 Å². The summed E-state index contributed by atoms with van der Waals surface area (Å²) in [5, 5.41) is 0. The Balaban J connectivity index is 2.15.